The number of anilines is 2. The number of hydrogen-bond donors (Lipinski definition) is 3. The van der Waals surface area contributed by atoms with E-state index in [2.05, 4.69) is 25.7 Å². The first-order valence-electron chi connectivity index (χ1n) is 5.22. The van der Waals surface area contributed by atoms with Crippen LogP contribution in [-0.2, 0) is 6.54 Å². The van der Waals surface area contributed by atoms with E-state index >= 15 is 0 Å². The van der Waals surface area contributed by atoms with E-state index in [4.69, 9.17) is 5.84 Å². The standard InChI is InChI=1S/C9H11N7O2S/c1-5-14-6(3-19-5)2-11-8-7(16(17)18)9(15-10)13-4-12-8/h3-4H,2,10H2,1H3,(H2,11,12,13,15). The lowest BCUT2D eigenvalue weighted by Gasteiger charge is -2.06. The third kappa shape index (κ3) is 2.92. The molecular formula is C9H11N7O2S. The van der Waals surface area contributed by atoms with Gasteiger partial charge >= 0.3 is 5.69 Å². The lowest BCUT2D eigenvalue weighted by molar-refractivity contribution is -0.383. The number of nitrogens with zero attached hydrogens (tertiary/aromatic N) is 4. The number of nitro groups is 1. The second-order valence-corrected chi connectivity index (χ2v) is 4.59. The summed E-state index contributed by atoms with van der Waals surface area (Å²) in [5.41, 5.74) is 2.67. The van der Waals surface area contributed by atoms with Crippen molar-refractivity contribution in [1.82, 2.24) is 15.0 Å². The molecule has 0 aliphatic carbocycles. The molecule has 0 aromatic carbocycles. The SMILES string of the molecule is Cc1nc(CNc2ncnc(NN)c2[N+](=O)[O-])cs1. The van der Waals surface area contributed by atoms with Crippen molar-refractivity contribution in [1.29, 1.82) is 0 Å². The average Bonchev–Trinajstić information content (AvgIpc) is 2.81. The number of aryl methyl sites for hydroxylation is 1. The Bertz CT molecular complexity index is 600. The van der Waals surface area contributed by atoms with Gasteiger partial charge in [0.1, 0.15) is 6.33 Å². The Morgan fingerprint density at radius 1 is 1.47 bits per heavy atom. The highest BCUT2D eigenvalue weighted by Gasteiger charge is 2.22. The van der Waals surface area contributed by atoms with Crippen LogP contribution in [0.1, 0.15) is 10.7 Å². The maximum absolute atomic E-state index is 11.0. The van der Waals surface area contributed by atoms with Crippen LogP contribution in [0, 0.1) is 17.0 Å². The third-order valence-electron chi connectivity index (χ3n) is 2.25. The quantitative estimate of drug-likeness (QED) is 0.421. The van der Waals surface area contributed by atoms with Gasteiger partial charge in [-0.2, -0.15) is 0 Å². The molecule has 9 nitrogen and oxygen atoms in total. The van der Waals surface area contributed by atoms with Gasteiger partial charge in [-0.15, -0.1) is 11.3 Å². The van der Waals surface area contributed by atoms with E-state index in [-0.39, 0.29) is 17.3 Å². The van der Waals surface area contributed by atoms with Gasteiger partial charge in [0.2, 0.25) is 11.6 Å². The summed E-state index contributed by atoms with van der Waals surface area (Å²) in [6.07, 6.45) is 1.19. The fraction of sp³-hybridized carbons (Fsp3) is 0.222. The van der Waals surface area contributed by atoms with Gasteiger partial charge in [-0.05, 0) is 6.92 Å². The van der Waals surface area contributed by atoms with Crippen molar-refractivity contribution in [2.45, 2.75) is 13.5 Å². The summed E-state index contributed by atoms with van der Waals surface area (Å²) in [4.78, 5) is 22.2. The molecule has 2 heterocycles. The third-order valence-corrected chi connectivity index (χ3v) is 3.07. The van der Waals surface area contributed by atoms with Crippen LogP contribution in [0.2, 0.25) is 0 Å². The number of nitrogens with two attached hydrogens (primary N) is 1. The van der Waals surface area contributed by atoms with Crippen molar-refractivity contribution in [3.8, 4) is 0 Å². The van der Waals surface area contributed by atoms with Gasteiger partial charge in [0.05, 0.1) is 22.2 Å². The van der Waals surface area contributed by atoms with E-state index < -0.39 is 4.92 Å². The maximum atomic E-state index is 11.0. The molecule has 2 rings (SSSR count). The summed E-state index contributed by atoms with van der Waals surface area (Å²) in [6.45, 7) is 2.23. The van der Waals surface area contributed by atoms with Crippen LogP contribution in [0.4, 0.5) is 17.3 Å². The van der Waals surface area contributed by atoms with Gasteiger partial charge in [0.25, 0.3) is 0 Å². The van der Waals surface area contributed by atoms with Gasteiger partial charge in [0, 0.05) is 5.38 Å². The molecule has 0 atom stereocenters. The highest BCUT2D eigenvalue weighted by molar-refractivity contribution is 7.09. The van der Waals surface area contributed by atoms with Crippen molar-refractivity contribution in [3.05, 3.63) is 32.5 Å². The molecule has 0 saturated heterocycles. The second kappa shape index (κ2) is 5.54. The van der Waals surface area contributed by atoms with E-state index in [1.807, 2.05) is 12.3 Å². The highest BCUT2D eigenvalue weighted by atomic mass is 32.1. The predicted octanol–water partition coefficient (Wildman–Crippen LogP) is 1.05. The number of nitrogens with one attached hydrogen (secondary N) is 2. The summed E-state index contributed by atoms with van der Waals surface area (Å²) in [7, 11) is 0. The smallest absolute Gasteiger partial charge is 0.354 e. The summed E-state index contributed by atoms with van der Waals surface area (Å²) >= 11 is 1.51. The predicted molar refractivity (Wildman–Crippen MR) is 70.7 cm³/mol. The van der Waals surface area contributed by atoms with Crippen LogP contribution in [0.25, 0.3) is 0 Å². The van der Waals surface area contributed by atoms with Crippen molar-refractivity contribution in [2.75, 3.05) is 10.7 Å². The van der Waals surface area contributed by atoms with Gasteiger partial charge in [-0.1, -0.05) is 0 Å². The molecule has 0 aliphatic heterocycles. The number of aromatic nitrogens is 3. The Kier molecular flexibility index (Phi) is 3.82. The molecule has 0 unspecified atom stereocenters. The first kappa shape index (κ1) is 13.1. The van der Waals surface area contributed by atoms with Crippen LogP contribution >= 0.6 is 11.3 Å². The van der Waals surface area contributed by atoms with Gasteiger partial charge in [-0.25, -0.2) is 20.8 Å². The Hall–Kier alpha value is -2.33. The van der Waals surface area contributed by atoms with Crippen LogP contribution in [-0.4, -0.2) is 19.9 Å². The summed E-state index contributed by atoms with van der Waals surface area (Å²) < 4.78 is 0. The first-order valence-corrected chi connectivity index (χ1v) is 6.10. The van der Waals surface area contributed by atoms with E-state index in [0.29, 0.717) is 6.54 Å². The van der Waals surface area contributed by atoms with Crippen LogP contribution in [0.5, 0.6) is 0 Å². The average molecular weight is 281 g/mol. The number of hydrazine groups is 1. The Morgan fingerprint density at radius 2 is 2.21 bits per heavy atom. The largest absolute Gasteiger partial charge is 0.358 e. The van der Waals surface area contributed by atoms with Crippen molar-refractivity contribution in [2.24, 2.45) is 5.84 Å². The molecule has 0 aliphatic rings. The molecule has 0 spiro atoms. The number of hydrogen-bond acceptors (Lipinski definition) is 9. The molecule has 0 fully saturated rings. The minimum absolute atomic E-state index is 0.0445. The van der Waals surface area contributed by atoms with E-state index in [9.17, 15) is 10.1 Å². The number of thiazole rings is 1. The minimum atomic E-state index is -0.593. The van der Waals surface area contributed by atoms with E-state index in [1.54, 1.807) is 0 Å². The molecule has 0 saturated carbocycles. The zero-order chi connectivity index (χ0) is 13.8. The van der Waals surface area contributed by atoms with E-state index in [1.165, 1.54) is 17.7 Å². The van der Waals surface area contributed by atoms with Gasteiger partial charge < -0.3 is 10.7 Å². The van der Waals surface area contributed by atoms with E-state index in [0.717, 1.165) is 10.7 Å². The normalized spacial score (nSPS) is 10.2. The Labute approximate surface area is 112 Å². The summed E-state index contributed by atoms with van der Waals surface area (Å²) in [6, 6.07) is 0. The highest BCUT2D eigenvalue weighted by Crippen LogP contribution is 2.28. The summed E-state index contributed by atoms with van der Waals surface area (Å²) in [5, 5.41) is 16.6. The molecule has 4 N–H and O–H groups in total. The van der Waals surface area contributed by atoms with Crippen molar-refractivity contribution >= 4 is 28.7 Å². The molecular weight excluding hydrogens is 270 g/mol. The van der Waals surface area contributed by atoms with Crippen molar-refractivity contribution < 1.29 is 4.92 Å². The lowest BCUT2D eigenvalue weighted by atomic mass is 10.4. The van der Waals surface area contributed by atoms with Crippen molar-refractivity contribution in [3.63, 3.8) is 0 Å². The van der Waals surface area contributed by atoms with Gasteiger partial charge in [-0.3, -0.25) is 10.1 Å². The number of rotatable bonds is 5. The fourth-order valence-corrected chi connectivity index (χ4v) is 2.06. The van der Waals surface area contributed by atoms with Crippen LogP contribution < -0.4 is 16.6 Å². The molecule has 0 amide bonds. The molecule has 100 valence electrons. The lowest BCUT2D eigenvalue weighted by Crippen LogP contribution is -2.13. The molecule has 0 radical (unpaired) electrons. The Balaban J connectivity index is 2.22. The fourth-order valence-electron chi connectivity index (χ4n) is 1.45. The molecule has 2 aromatic rings. The molecule has 2 aromatic heterocycles. The van der Waals surface area contributed by atoms with Crippen LogP contribution in [0.3, 0.4) is 0 Å². The summed E-state index contributed by atoms with van der Waals surface area (Å²) in [5.74, 6) is 5.24. The number of nitrogen functional groups attached to an aromatic ring is 1. The monoisotopic (exact) mass is 281 g/mol. The zero-order valence-corrected chi connectivity index (χ0v) is 10.8. The zero-order valence-electron chi connectivity index (χ0n) is 9.95. The van der Waals surface area contributed by atoms with Gasteiger partial charge in [0.15, 0.2) is 0 Å². The topological polar surface area (TPSA) is 132 Å². The van der Waals surface area contributed by atoms with Crippen LogP contribution in [0.15, 0.2) is 11.7 Å². The second-order valence-electron chi connectivity index (χ2n) is 3.53. The minimum Gasteiger partial charge on any atom is -0.358 e. The molecule has 0 bridgehead atoms. The Morgan fingerprint density at radius 3 is 2.79 bits per heavy atom. The maximum Gasteiger partial charge on any atom is 0.354 e. The molecule has 10 heteroatoms. The first-order chi connectivity index (χ1) is 9.11. The molecule has 19 heavy (non-hydrogen) atoms.